The number of hydrogen-bond acceptors (Lipinski definition) is 5. The van der Waals surface area contributed by atoms with Crippen molar-refractivity contribution in [2.24, 2.45) is 4.99 Å². The van der Waals surface area contributed by atoms with Crippen LogP contribution < -0.4 is 4.74 Å². The first kappa shape index (κ1) is 23.0. The zero-order valence-electron chi connectivity index (χ0n) is 19.7. The fourth-order valence-electron chi connectivity index (χ4n) is 5.01. The number of ether oxygens (including phenoxy) is 1. The molecule has 1 unspecified atom stereocenters. The summed E-state index contributed by atoms with van der Waals surface area (Å²) in [6.07, 6.45) is 7.32. The van der Waals surface area contributed by atoms with Gasteiger partial charge in [-0.25, -0.2) is 9.37 Å². The maximum absolute atomic E-state index is 13.6. The van der Waals surface area contributed by atoms with Crippen molar-refractivity contribution >= 4 is 17.8 Å². The highest BCUT2D eigenvalue weighted by molar-refractivity contribution is 6.10. The Labute approximate surface area is 203 Å². The standard InChI is InChI=1S/C27H27FN4O3/c1-18-15-31(17-29-18)23-10-5-19(13-24(23)35-2)12-20-4-3-11-32-26(20)30-25(34)14-27(32,16-33)21-6-8-22(28)9-7-21/h5-10,12-13,15,17,33H,3-4,11,14,16H2,1-2H3/b20-12+. The minimum absolute atomic E-state index is 0.0404. The van der Waals surface area contributed by atoms with Gasteiger partial charge in [-0.1, -0.05) is 18.2 Å². The molecule has 1 amide bonds. The molecule has 2 aromatic carbocycles. The Bertz CT molecular complexity index is 1330. The highest BCUT2D eigenvalue weighted by atomic mass is 19.1. The first-order valence-electron chi connectivity index (χ1n) is 11.6. The third-order valence-electron chi connectivity index (χ3n) is 6.74. The topological polar surface area (TPSA) is 80.0 Å². The number of carbonyl (C=O) groups excluding carboxylic acids is 1. The number of aliphatic hydroxyl groups is 1. The van der Waals surface area contributed by atoms with E-state index in [9.17, 15) is 14.3 Å². The van der Waals surface area contributed by atoms with E-state index in [-0.39, 0.29) is 24.8 Å². The fourth-order valence-corrected chi connectivity index (χ4v) is 5.01. The quantitative estimate of drug-likeness (QED) is 0.604. The van der Waals surface area contributed by atoms with Crippen LogP contribution in [0.15, 0.2) is 65.6 Å². The number of aromatic nitrogens is 2. The number of aryl methyl sites for hydroxylation is 1. The van der Waals surface area contributed by atoms with Crippen molar-refractivity contribution in [3.63, 3.8) is 0 Å². The maximum atomic E-state index is 13.6. The molecule has 0 aliphatic carbocycles. The lowest BCUT2D eigenvalue weighted by molar-refractivity contribution is -0.122. The molecule has 35 heavy (non-hydrogen) atoms. The number of imidazole rings is 1. The average molecular weight is 475 g/mol. The van der Waals surface area contributed by atoms with E-state index in [1.54, 1.807) is 25.6 Å². The van der Waals surface area contributed by atoms with Crippen LogP contribution in [-0.2, 0) is 10.3 Å². The number of amidine groups is 1. The molecule has 2 aliphatic heterocycles. The molecule has 7 nitrogen and oxygen atoms in total. The number of hydrogen-bond donors (Lipinski definition) is 1. The lowest BCUT2D eigenvalue weighted by Crippen LogP contribution is -2.57. The van der Waals surface area contributed by atoms with Crippen molar-refractivity contribution in [2.75, 3.05) is 20.3 Å². The molecule has 1 saturated heterocycles. The second-order valence-corrected chi connectivity index (χ2v) is 8.98. The normalized spacial score (nSPS) is 21.1. The highest BCUT2D eigenvalue weighted by Crippen LogP contribution is 2.40. The predicted molar refractivity (Wildman–Crippen MR) is 131 cm³/mol. The summed E-state index contributed by atoms with van der Waals surface area (Å²) < 4.78 is 21.2. The van der Waals surface area contributed by atoms with Gasteiger partial charge in [0.05, 0.1) is 43.4 Å². The van der Waals surface area contributed by atoms with Crippen LogP contribution in [0, 0.1) is 12.7 Å². The Morgan fingerprint density at radius 2 is 2.03 bits per heavy atom. The van der Waals surface area contributed by atoms with Crippen LogP contribution >= 0.6 is 0 Å². The molecule has 0 spiro atoms. The number of carbonyl (C=O) groups is 1. The summed E-state index contributed by atoms with van der Waals surface area (Å²) in [4.78, 5) is 23.5. The van der Waals surface area contributed by atoms with Gasteiger partial charge in [0, 0.05) is 12.7 Å². The van der Waals surface area contributed by atoms with Gasteiger partial charge in [0.2, 0.25) is 5.91 Å². The second kappa shape index (κ2) is 9.11. The number of nitrogens with zero attached hydrogens (tertiary/aromatic N) is 4. The third-order valence-corrected chi connectivity index (χ3v) is 6.74. The minimum atomic E-state index is -0.970. The predicted octanol–water partition coefficient (Wildman–Crippen LogP) is 4.02. The first-order chi connectivity index (χ1) is 16.9. The van der Waals surface area contributed by atoms with Gasteiger partial charge in [0.15, 0.2) is 0 Å². The molecule has 2 aliphatic rings. The lowest BCUT2D eigenvalue weighted by atomic mass is 9.81. The van der Waals surface area contributed by atoms with Crippen LogP contribution in [0.1, 0.15) is 36.1 Å². The summed E-state index contributed by atoms with van der Waals surface area (Å²) in [6, 6.07) is 11.9. The Hall–Kier alpha value is -3.78. The van der Waals surface area contributed by atoms with Crippen molar-refractivity contribution in [3.8, 4) is 11.4 Å². The monoisotopic (exact) mass is 474 g/mol. The smallest absolute Gasteiger partial charge is 0.250 e. The number of rotatable bonds is 5. The van der Waals surface area contributed by atoms with Crippen LogP contribution in [0.5, 0.6) is 5.75 Å². The van der Waals surface area contributed by atoms with Crippen molar-refractivity contribution in [1.29, 1.82) is 0 Å². The number of amides is 1. The number of aliphatic hydroxyl groups excluding tert-OH is 1. The van der Waals surface area contributed by atoms with Gasteiger partial charge in [-0.2, -0.15) is 4.99 Å². The van der Waals surface area contributed by atoms with E-state index in [4.69, 9.17) is 4.74 Å². The van der Waals surface area contributed by atoms with E-state index in [0.717, 1.165) is 35.4 Å². The summed E-state index contributed by atoms with van der Waals surface area (Å²) >= 11 is 0. The molecule has 3 aromatic rings. The summed E-state index contributed by atoms with van der Waals surface area (Å²) in [5, 5.41) is 10.5. The van der Waals surface area contributed by atoms with Crippen LogP contribution in [0.25, 0.3) is 11.8 Å². The molecule has 0 radical (unpaired) electrons. The first-order valence-corrected chi connectivity index (χ1v) is 11.6. The fraction of sp³-hybridized carbons (Fsp3) is 0.296. The van der Waals surface area contributed by atoms with E-state index in [1.165, 1.54) is 12.1 Å². The Morgan fingerprint density at radius 1 is 1.23 bits per heavy atom. The second-order valence-electron chi connectivity index (χ2n) is 8.98. The summed E-state index contributed by atoms with van der Waals surface area (Å²) in [5.41, 5.74) is 3.34. The number of methoxy groups -OCH3 is 1. The van der Waals surface area contributed by atoms with Crippen LogP contribution in [0.4, 0.5) is 4.39 Å². The van der Waals surface area contributed by atoms with Gasteiger partial charge < -0.3 is 19.3 Å². The van der Waals surface area contributed by atoms with Crippen LogP contribution in [-0.4, -0.2) is 51.6 Å². The van der Waals surface area contributed by atoms with E-state index < -0.39 is 5.54 Å². The number of benzene rings is 2. The maximum Gasteiger partial charge on any atom is 0.250 e. The van der Waals surface area contributed by atoms with E-state index in [1.807, 2.05) is 46.9 Å². The minimum Gasteiger partial charge on any atom is -0.495 e. The Balaban J connectivity index is 1.54. The van der Waals surface area contributed by atoms with Gasteiger partial charge in [0.25, 0.3) is 0 Å². The van der Waals surface area contributed by atoms with Gasteiger partial charge in [-0.15, -0.1) is 0 Å². The van der Waals surface area contributed by atoms with Gasteiger partial charge in [-0.3, -0.25) is 4.79 Å². The molecule has 0 bridgehead atoms. The summed E-state index contributed by atoms with van der Waals surface area (Å²) in [7, 11) is 1.63. The molecule has 1 N–H and O–H groups in total. The van der Waals surface area contributed by atoms with Crippen LogP contribution in [0.3, 0.4) is 0 Å². The van der Waals surface area contributed by atoms with Crippen LogP contribution in [0.2, 0.25) is 0 Å². The Kier molecular flexibility index (Phi) is 5.98. The van der Waals surface area contributed by atoms with Crippen molar-refractivity contribution in [1.82, 2.24) is 14.5 Å². The van der Waals surface area contributed by atoms with Gasteiger partial charge in [-0.05, 0) is 66.8 Å². The summed E-state index contributed by atoms with van der Waals surface area (Å²) in [5.74, 6) is 0.604. The molecule has 5 rings (SSSR count). The SMILES string of the molecule is COc1cc(/C=C2\CCCN3C2=NC(=O)CC3(CO)c2ccc(F)cc2)ccc1-n1cnc(C)c1. The van der Waals surface area contributed by atoms with Crippen molar-refractivity contribution < 1.29 is 19.0 Å². The number of aliphatic imine (C=N–C) groups is 1. The van der Waals surface area contributed by atoms with Crippen molar-refractivity contribution in [3.05, 3.63) is 83.2 Å². The zero-order chi connectivity index (χ0) is 24.6. The average Bonchev–Trinajstić information content (AvgIpc) is 3.30. The molecule has 8 heteroatoms. The third kappa shape index (κ3) is 4.14. The van der Waals surface area contributed by atoms with Crippen molar-refractivity contribution in [2.45, 2.75) is 31.7 Å². The number of fused-ring (bicyclic) bond motifs is 1. The van der Waals surface area contributed by atoms with E-state index >= 15 is 0 Å². The molecule has 1 atom stereocenters. The van der Waals surface area contributed by atoms with Gasteiger partial charge >= 0.3 is 0 Å². The lowest BCUT2D eigenvalue weighted by Gasteiger charge is -2.49. The zero-order valence-corrected chi connectivity index (χ0v) is 19.7. The molecular weight excluding hydrogens is 447 g/mol. The molecule has 180 valence electrons. The number of piperidine rings is 1. The molecule has 1 fully saturated rings. The molecule has 0 saturated carbocycles. The molecule has 1 aromatic heterocycles. The largest absolute Gasteiger partial charge is 0.495 e. The Morgan fingerprint density at radius 3 is 2.71 bits per heavy atom. The molecular formula is C27H27FN4O3. The number of halogens is 1. The van der Waals surface area contributed by atoms with E-state index in [2.05, 4.69) is 9.98 Å². The summed E-state index contributed by atoms with van der Waals surface area (Å²) in [6.45, 7) is 2.30. The highest BCUT2D eigenvalue weighted by Gasteiger charge is 2.46. The molecule has 3 heterocycles. The van der Waals surface area contributed by atoms with Gasteiger partial charge in [0.1, 0.15) is 17.4 Å². The van der Waals surface area contributed by atoms with E-state index in [0.29, 0.717) is 23.7 Å².